The number of morpholine rings is 1. The first-order valence-electron chi connectivity index (χ1n) is 7.84. The van der Waals surface area contributed by atoms with Crippen molar-refractivity contribution in [1.29, 1.82) is 0 Å². The van der Waals surface area contributed by atoms with Crippen LogP contribution < -0.4 is 5.32 Å². The Bertz CT molecular complexity index is 819. The summed E-state index contributed by atoms with van der Waals surface area (Å²) < 4.78 is 6.44. The third-order valence-corrected chi connectivity index (χ3v) is 5.90. The van der Waals surface area contributed by atoms with Gasteiger partial charge in [0.15, 0.2) is 5.13 Å². The predicted molar refractivity (Wildman–Crippen MR) is 98.0 cm³/mol. The van der Waals surface area contributed by atoms with Crippen molar-refractivity contribution in [2.75, 3.05) is 31.6 Å². The first-order valence-corrected chi connectivity index (χ1v) is 9.47. The third-order valence-electron chi connectivity index (χ3n) is 3.88. The molecule has 3 aromatic rings. The maximum Gasteiger partial charge on any atom is 0.267 e. The Morgan fingerprint density at radius 1 is 1.17 bits per heavy atom. The number of thiophene rings is 1. The van der Waals surface area contributed by atoms with Gasteiger partial charge in [-0.25, -0.2) is 4.98 Å². The number of benzene rings is 1. The molecule has 0 aliphatic carbocycles. The quantitative estimate of drug-likeness (QED) is 0.775. The second-order valence-corrected chi connectivity index (χ2v) is 7.79. The molecule has 1 saturated heterocycles. The summed E-state index contributed by atoms with van der Waals surface area (Å²) in [4.78, 5) is 21.1. The molecule has 124 valence electrons. The van der Waals surface area contributed by atoms with Gasteiger partial charge < -0.3 is 4.74 Å². The van der Waals surface area contributed by atoms with E-state index in [0.29, 0.717) is 5.13 Å². The molecule has 1 aliphatic heterocycles. The van der Waals surface area contributed by atoms with Gasteiger partial charge in [-0.15, -0.1) is 11.3 Å². The summed E-state index contributed by atoms with van der Waals surface area (Å²) >= 11 is 3.04. The molecule has 1 amide bonds. The van der Waals surface area contributed by atoms with Crippen LogP contribution in [0.2, 0.25) is 0 Å². The number of ether oxygens (including phenoxy) is 1. The van der Waals surface area contributed by atoms with Crippen molar-refractivity contribution >= 4 is 43.9 Å². The maximum absolute atomic E-state index is 12.4. The molecule has 0 atom stereocenters. The normalized spacial score (nSPS) is 15.7. The molecule has 0 bridgehead atoms. The number of para-hydroxylation sites is 1. The Morgan fingerprint density at radius 3 is 2.83 bits per heavy atom. The minimum atomic E-state index is -0.0905. The van der Waals surface area contributed by atoms with Crippen molar-refractivity contribution in [3.05, 3.63) is 46.2 Å². The molecule has 1 fully saturated rings. The average molecular weight is 359 g/mol. The molecule has 24 heavy (non-hydrogen) atoms. The summed E-state index contributed by atoms with van der Waals surface area (Å²) in [6.07, 6.45) is 0. The minimum Gasteiger partial charge on any atom is -0.379 e. The van der Waals surface area contributed by atoms with Crippen LogP contribution in [0.1, 0.15) is 14.5 Å². The van der Waals surface area contributed by atoms with Crippen molar-refractivity contribution in [1.82, 2.24) is 9.88 Å². The van der Waals surface area contributed by atoms with E-state index in [0.717, 1.165) is 47.9 Å². The van der Waals surface area contributed by atoms with Crippen LogP contribution in [0.5, 0.6) is 0 Å². The van der Waals surface area contributed by atoms with E-state index < -0.39 is 0 Å². The third kappa shape index (κ3) is 3.49. The van der Waals surface area contributed by atoms with Crippen molar-refractivity contribution in [2.45, 2.75) is 6.54 Å². The summed E-state index contributed by atoms with van der Waals surface area (Å²) in [7, 11) is 0. The number of hydrogen-bond acceptors (Lipinski definition) is 6. The lowest BCUT2D eigenvalue weighted by Crippen LogP contribution is -2.35. The summed E-state index contributed by atoms with van der Waals surface area (Å²) in [5.41, 5.74) is 0.914. The highest BCUT2D eigenvalue weighted by Crippen LogP contribution is 2.27. The van der Waals surface area contributed by atoms with E-state index >= 15 is 0 Å². The summed E-state index contributed by atoms with van der Waals surface area (Å²) in [5.74, 6) is -0.0905. The van der Waals surface area contributed by atoms with Crippen molar-refractivity contribution in [3.8, 4) is 0 Å². The van der Waals surface area contributed by atoms with Crippen LogP contribution in [-0.2, 0) is 11.3 Å². The van der Waals surface area contributed by atoms with E-state index in [1.807, 2.05) is 36.4 Å². The summed E-state index contributed by atoms with van der Waals surface area (Å²) in [6, 6.07) is 11.8. The number of nitrogens with zero attached hydrogens (tertiary/aromatic N) is 2. The lowest BCUT2D eigenvalue weighted by molar-refractivity contribution is 0.0346. The van der Waals surface area contributed by atoms with Gasteiger partial charge in [0.25, 0.3) is 5.91 Å². The van der Waals surface area contributed by atoms with Gasteiger partial charge in [-0.2, -0.15) is 0 Å². The summed E-state index contributed by atoms with van der Waals surface area (Å²) in [5, 5.41) is 3.55. The molecule has 5 nitrogen and oxygen atoms in total. The smallest absolute Gasteiger partial charge is 0.267 e. The zero-order valence-electron chi connectivity index (χ0n) is 13.0. The van der Waals surface area contributed by atoms with Crippen LogP contribution in [0, 0.1) is 0 Å². The Kier molecular flexibility index (Phi) is 4.57. The SMILES string of the molecule is O=C(Nc1nc2ccccc2s1)c1ccc(CN2CCOCC2)s1. The van der Waals surface area contributed by atoms with Gasteiger partial charge in [0.2, 0.25) is 0 Å². The van der Waals surface area contributed by atoms with Gasteiger partial charge >= 0.3 is 0 Å². The number of thiazole rings is 1. The zero-order chi connectivity index (χ0) is 16.4. The monoisotopic (exact) mass is 359 g/mol. The molecule has 4 rings (SSSR count). The number of carbonyl (C=O) groups is 1. The first-order chi connectivity index (χ1) is 11.8. The fourth-order valence-corrected chi connectivity index (χ4v) is 4.46. The lowest BCUT2D eigenvalue weighted by Gasteiger charge is -2.25. The Hall–Kier alpha value is -1.80. The average Bonchev–Trinajstić information content (AvgIpc) is 3.22. The fourth-order valence-electron chi connectivity index (χ4n) is 2.65. The number of anilines is 1. The number of amides is 1. The Balaban J connectivity index is 1.42. The molecule has 7 heteroatoms. The minimum absolute atomic E-state index is 0.0905. The Labute approximate surface area is 147 Å². The van der Waals surface area contributed by atoms with Gasteiger partial charge in [-0.3, -0.25) is 15.0 Å². The van der Waals surface area contributed by atoms with Crippen LogP contribution in [0.15, 0.2) is 36.4 Å². The van der Waals surface area contributed by atoms with E-state index in [9.17, 15) is 4.79 Å². The van der Waals surface area contributed by atoms with Crippen LogP contribution in [0.25, 0.3) is 10.2 Å². The number of hydrogen-bond donors (Lipinski definition) is 1. The van der Waals surface area contributed by atoms with Crippen LogP contribution in [0.4, 0.5) is 5.13 Å². The van der Waals surface area contributed by atoms with E-state index in [2.05, 4.69) is 15.2 Å². The van der Waals surface area contributed by atoms with Gasteiger partial charge in [-0.05, 0) is 24.3 Å². The van der Waals surface area contributed by atoms with Gasteiger partial charge in [0, 0.05) is 24.5 Å². The van der Waals surface area contributed by atoms with E-state index in [4.69, 9.17) is 4.74 Å². The number of fused-ring (bicyclic) bond motifs is 1. The van der Waals surface area contributed by atoms with Gasteiger partial charge in [0.1, 0.15) is 0 Å². The first kappa shape index (κ1) is 15.7. The highest BCUT2D eigenvalue weighted by molar-refractivity contribution is 7.22. The topological polar surface area (TPSA) is 54.5 Å². The number of rotatable bonds is 4. The Morgan fingerprint density at radius 2 is 2.00 bits per heavy atom. The summed E-state index contributed by atoms with van der Waals surface area (Å²) in [6.45, 7) is 4.35. The molecule has 0 spiro atoms. The van der Waals surface area contributed by atoms with Crippen LogP contribution >= 0.6 is 22.7 Å². The van der Waals surface area contributed by atoms with Gasteiger partial charge in [0.05, 0.1) is 28.3 Å². The molecular weight excluding hydrogens is 342 g/mol. The molecule has 0 saturated carbocycles. The highest BCUT2D eigenvalue weighted by atomic mass is 32.1. The van der Waals surface area contributed by atoms with Gasteiger partial charge in [-0.1, -0.05) is 23.5 Å². The van der Waals surface area contributed by atoms with Crippen molar-refractivity contribution in [2.24, 2.45) is 0 Å². The van der Waals surface area contributed by atoms with Crippen LogP contribution in [-0.4, -0.2) is 42.1 Å². The second-order valence-electron chi connectivity index (χ2n) is 5.60. The molecule has 0 radical (unpaired) electrons. The molecule has 1 aromatic carbocycles. The number of nitrogens with one attached hydrogen (secondary N) is 1. The number of carbonyl (C=O) groups excluding carboxylic acids is 1. The van der Waals surface area contributed by atoms with E-state index in [1.54, 1.807) is 11.3 Å². The fraction of sp³-hybridized carbons (Fsp3) is 0.294. The lowest BCUT2D eigenvalue weighted by atomic mass is 10.3. The second kappa shape index (κ2) is 6.98. The van der Waals surface area contributed by atoms with Crippen LogP contribution in [0.3, 0.4) is 0 Å². The standard InChI is InChI=1S/C17H17N3O2S2/c21-16(19-17-18-13-3-1-2-4-14(13)24-17)15-6-5-12(23-15)11-20-7-9-22-10-8-20/h1-6H,7-11H2,(H,18,19,21). The zero-order valence-corrected chi connectivity index (χ0v) is 14.7. The van der Waals surface area contributed by atoms with E-state index in [-0.39, 0.29) is 5.91 Å². The largest absolute Gasteiger partial charge is 0.379 e. The maximum atomic E-state index is 12.4. The number of aromatic nitrogens is 1. The predicted octanol–water partition coefficient (Wildman–Crippen LogP) is 3.44. The van der Waals surface area contributed by atoms with E-state index in [1.165, 1.54) is 16.2 Å². The molecule has 3 heterocycles. The molecule has 2 aromatic heterocycles. The molecule has 1 N–H and O–H groups in total. The molecule has 0 unspecified atom stereocenters. The van der Waals surface area contributed by atoms with Crippen molar-refractivity contribution in [3.63, 3.8) is 0 Å². The molecule has 1 aliphatic rings. The highest BCUT2D eigenvalue weighted by Gasteiger charge is 2.15. The van der Waals surface area contributed by atoms with Crippen molar-refractivity contribution < 1.29 is 9.53 Å². The molecular formula is C17H17N3O2S2.